The van der Waals surface area contributed by atoms with Gasteiger partial charge in [-0.25, -0.2) is 9.59 Å². The molecule has 0 amide bonds. The summed E-state index contributed by atoms with van der Waals surface area (Å²) in [5.74, 6) is 0.591. The summed E-state index contributed by atoms with van der Waals surface area (Å²) < 4.78 is 34.9. The van der Waals surface area contributed by atoms with Crippen molar-refractivity contribution in [2.24, 2.45) is 17.3 Å². The second-order valence-corrected chi connectivity index (χ2v) is 13.3. The maximum atomic E-state index is 13.2. The number of carbonyl (C=O) groups is 2. The minimum Gasteiger partial charge on any atom is -0.496 e. The van der Waals surface area contributed by atoms with E-state index in [9.17, 15) is 9.59 Å². The van der Waals surface area contributed by atoms with Crippen molar-refractivity contribution in [1.29, 1.82) is 0 Å². The molecule has 0 radical (unpaired) electrons. The lowest BCUT2D eigenvalue weighted by Gasteiger charge is -2.64. The summed E-state index contributed by atoms with van der Waals surface area (Å²) in [6.45, 7) is 14.2. The third-order valence-corrected chi connectivity index (χ3v) is 8.97. The highest BCUT2D eigenvalue weighted by Gasteiger charge is 2.68. The smallest absolute Gasteiger partial charge is 0.496 e. The zero-order chi connectivity index (χ0) is 28.8. The molecule has 3 saturated carbocycles. The normalized spacial score (nSPS) is 27.7. The number of esters is 1. The van der Waals surface area contributed by atoms with Gasteiger partial charge in [0.1, 0.15) is 16.9 Å². The summed E-state index contributed by atoms with van der Waals surface area (Å²) in [4.78, 5) is 25.9. The van der Waals surface area contributed by atoms with Gasteiger partial charge in [0.2, 0.25) is 0 Å². The van der Waals surface area contributed by atoms with E-state index in [0.717, 1.165) is 19.3 Å². The minimum absolute atomic E-state index is 0.000707. The zero-order valence-electron chi connectivity index (χ0n) is 24.4. The maximum absolute atomic E-state index is 13.2. The highest BCUT2D eigenvalue weighted by molar-refractivity contribution is 6.60. The topological polar surface area (TPSA) is 89.5 Å². The van der Waals surface area contributed by atoms with Gasteiger partial charge >= 0.3 is 19.2 Å². The van der Waals surface area contributed by atoms with Crippen LogP contribution in [0.3, 0.4) is 0 Å². The maximum Gasteiger partial charge on any atom is 0.514 e. The second-order valence-electron chi connectivity index (χ2n) is 12.7. The molecule has 1 aromatic carbocycles. The van der Waals surface area contributed by atoms with Crippen LogP contribution in [-0.4, -0.2) is 55.5 Å². The van der Waals surface area contributed by atoms with Crippen molar-refractivity contribution in [3.05, 3.63) is 23.3 Å². The van der Waals surface area contributed by atoms with Gasteiger partial charge in [-0.1, -0.05) is 33.3 Å². The van der Waals surface area contributed by atoms with Crippen LogP contribution in [0, 0.1) is 17.3 Å². The van der Waals surface area contributed by atoms with Crippen LogP contribution >= 0.6 is 11.6 Å². The Morgan fingerprint density at radius 1 is 1.21 bits per heavy atom. The molecule has 4 fully saturated rings. The Labute approximate surface area is 237 Å². The molecule has 1 aliphatic heterocycles. The van der Waals surface area contributed by atoms with Gasteiger partial charge in [0.05, 0.1) is 30.7 Å². The first kappa shape index (κ1) is 30.0. The number of alkyl halides is 1. The summed E-state index contributed by atoms with van der Waals surface area (Å²) in [6.07, 6.45) is 2.90. The predicted molar refractivity (Wildman–Crippen MR) is 149 cm³/mol. The van der Waals surface area contributed by atoms with Crippen molar-refractivity contribution in [2.45, 2.75) is 103 Å². The van der Waals surface area contributed by atoms with Crippen LogP contribution < -0.4 is 9.47 Å². The van der Waals surface area contributed by atoms with Gasteiger partial charge in [-0.2, -0.15) is 0 Å². The quantitative estimate of drug-likeness (QED) is 0.112. The number of benzene rings is 1. The number of rotatable bonds is 9. The third-order valence-electron chi connectivity index (χ3n) is 8.61. The number of hydrogen-bond donors (Lipinski definition) is 0. The Morgan fingerprint density at radius 2 is 1.92 bits per heavy atom. The predicted octanol–water partition coefficient (Wildman–Crippen LogP) is 6.38. The van der Waals surface area contributed by atoms with Gasteiger partial charge in [-0.15, -0.1) is 11.6 Å². The van der Waals surface area contributed by atoms with Crippen LogP contribution in [-0.2, 0) is 25.2 Å². The molecule has 1 saturated heterocycles. The molecule has 216 valence electrons. The molecule has 2 bridgehead atoms. The molecule has 3 unspecified atom stereocenters. The second kappa shape index (κ2) is 11.1. The standard InChI is InChI=1S/C29H42BClO8/c1-9-10-13-35-25(32)23-19(34-8)12-11-17(24(23)36-26(33)37-27(2,3)4)14-22(31)30-38-21-16-18-15-20(28(18,5)6)29(21,7)39-30/h11-12,18,20-22H,9-10,13-16H2,1-8H3/t18?,20?,21?,22-,29+/m1/s1. The van der Waals surface area contributed by atoms with E-state index in [2.05, 4.69) is 20.8 Å². The van der Waals surface area contributed by atoms with Gasteiger partial charge in [-0.05, 0) is 82.3 Å². The van der Waals surface area contributed by atoms with Crippen LogP contribution in [0.5, 0.6) is 11.5 Å². The van der Waals surface area contributed by atoms with Crippen molar-refractivity contribution < 1.29 is 37.8 Å². The Hall–Kier alpha value is -1.97. The molecule has 0 aromatic heterocycles. The number of methoxy groups -OCH3 is 1. The molecular weight excluding hydrogens is 523 g/mol. The molecule has 1 heterocycles. The summed E-state index contributed by atoms with van der Waals surface area (Å²) in [5, 5.41) is -0.605. The monoisotopic (exact) mass is 564 g/mol. The van der Waals surface area contributed by atoms with Gasteiger partial charge in [0.15, 0.2) is 5.75 Å². The first-order chi connectivity index (χ1) is 18.2. The van der Waals surface area contributed by atoms with Gasteiger partial charge in [0, 0.05) is 0 Å². The number of ether oxygens (including phenoxy) is 4. The first-order valence-electron chi connectivity index (χ1n) is 14.0. The van der Waals surface area contributed by atoms with Crippen LogP contribution in [0.2, 0.25) is 0 Å². The Bertz CT molecular complexity index is 1090. The largest absolute Gasteiger partial charge is 0.514 e. The molecule has 39 heavy (non-hydrogen) atoms. The highest BCUT2D eigenvalue weighted by Crippen LogP contribution is 2.65. The van der Waals surface area contributed by atoms with E-state index in [-0.39, 0.29) is 41.6 Å². The Kier molecular flexibility index (Phi) is 8.56. The summed E-state index contributed by atoms with van der Waals surface area (Å²) in [6, 6.07) is 3.37. The Balaban J connectivity index is 1.61. The molecular formula is C29H42BClO8. The Morgan fingerprint density at radius 3 is 2.54 bits per heavy atom. The molecule has 10 heteroatoms. The average molecular weight is 565 g/mol. The van der Waals surface area contributed by atoms with E-state index in [1.54, 1.807) is 32.9 Å². The van der Waals surface area contributed by atoms with Crippen LogP contribution in [0.1, 0.15) is 90.1 Å². The molecule has 0 N–H and O–H groups in total. The van der Waals surface area contributed by atoms with E-state index in [0.29, 0.717) is 23.8 Å². The molecule has 8 nitrogen and oxygen atoms in total. The fourth-order valence-electron chi connectivity index (χ4n) is 6.34. The van der Waals surface area contributed by atoms with E-state index >= 15 is 0 Å². The molecule has 4 aliphatic rings. The SMILES string of the molecule is CCCCOC(=O)c1c(OC)ccc(C[C@@H](Cl)B2OC3CC4CC(C4(C)C)[C@]3(C)O2)c1OC(=O)OC(C)(C)C. The lowest BCUT2D eigenvalue weighted by molar-refractivity contribution is -0.199. The number of unbranched alkanes of at least 4 members (excludes halogenated alkanes) is 1. The molecule has 3 aliphatic carbocycles. The number of halogens is 1. The lowest BCUT2D eigenvalue weighted by atomic mass is 9.43. The van der Waals surface area contributed by atoms with Crippen molar-refractivity contribution in [3.8, 4) is 11.5 Å². The first-order valence-corrected chi connectivity index (χ1v) is 14.4. The van der Waals surface area contributed by atoms with Crippen molar-refractivity contribution in [1.82, 2.24) is 0 Å². The lowest BCUT2D eigenvalue weighted by Crippen LogP contribution is -2.65. The van der Waals surface area contributed by atoms with Crippen LogP contribution in [0.25, 0.3) is 0 Å². The van der Waals surface area contributed by atoms with Crippen LogP contribution in [0.4, 0.5) is 4.79 Å². The van der Waals surface area contributed by atoms with Gasteiger partial charge < -0.3 is 28.3 Å². The third kappa shape index (κ3) is 5.91. The average Bonchev–Trinajstić information content (AvgIpc) is 3.21. The van der Waals surface area contributed by atoms with E-state index in [1.165, 1.54) is 7.11 Å². The summed E-state index contributed by atoms with van der Waals surface area (Å²) in [7, 11) is 0.794. The molecule has 5 rings (SSSR count). The summed E-state index contributed by atoms with van der Waals surface area (Å²) >= 11 is 6.93. The van der Waals surface area contributed by atoms with Crippen LogP contribution in [0.15, 0.2) is 12.1 Å². The molecule has 0 spiro atoms. The summed E-state index contributed by atoms with van der Waals surface area (Å²) in [5.41, 5.74) is -0.459. The van der Waals surface area contributed by atoms with E-state index in [4.69, 9.17) is 39.9 Å². The zero-order valence-corrected chi connectivity index (χ0v) is 25.2. The van der Waals surface area contributed by atoms with E-state index < -0.39 is 35.7 Å². The molecule has 5 atom stereocenters. The van der Waals surface area contributed by atoms with Gasteiger partial charge in [0.25, 0.3) is 0 Å². The van der Waals surface area contributed by atoms with Gasteiger partial charge in [-0.3, -0.25) is 0 Å². The fourth-order valence-corrected chi connectivity index (χ4v) is 6.62. The number of carbonyl (C=O) groups excluding carboxylic acids is 2. The van der Waals surface area contributed by atoms with Crippen molar-refractivity contribution in [3.63, 3.8) is 0 Å². The van der Waals surface area contributed by atoms with Crippen molar-refractivity contribution in [2.75, 3.05) is 13.7 Å². The fraction of sp³-hybridized carbons (Fsp3) is 0.724. The minimum atomic E-state index is -0.945. The number of hydrogen-bond acceptors (Lipinski definition) is 8. The highest BCUT2D eigenvalue weighted by atomic mass is 35.5. The molecule has 1 aromatic rings. The van der Waals surface area contributed by atoms with Crippen molar-refractivity contribution >= 4 is 30.8 Å². The van der Waals surface area contributed by atoms with E-state index in [1.807, 2.05) is 6.92 Å².